The molecule has 0 unspecified atom stereocenters. The number of carbonyl (C=O) groups excluding carboxylic acids is 1. The predicted molar refractivity (Wildman–Crippen MR) is 93.7 cm³/mol. The third-order valence-corrected chi connectivity index (χ3v) is 4.40. The molecule has 0 saturated carbocycles. The lowest BCUT2D eigenvalue weighted by molar-refractivity contribution is -0.127. The van der Waals surface area contributed by atoms with Crippen LogP contribution in [0.4, 0.5) is 0 Å². The first-order valence-corrected chi connectivity index (χ1v) is 8.80. The number of methoxy groups -OCH3 is 3. The number of rotatable bonds is 6. The average molecular weight is 337 g/mol. The molecular formula is C17H23NO4S. The number of nitrogens with zero attached hydrogens (tertiary/aromatic N) is 1. The van der Waals surface area contributed by atoms with Gasteiger partial charge in [0, 0.05) is 25.2 Å². The van der Waals surface area contributed by atoms with Crippen molar-refractivity contribution in [2.24, 2.45) is 0 Å². The van der Waals surface area contributed by atoms with Crippen LogP contribution >= 0.6 is 11.8 Å². The first-order chi connectivity index (χ1) is 11.1. The van der Waals surface area contributed by atoms with Gasteiger partial charge in [-0.15, -0.1) is 0 Å². The summed E-state index contributed by atoms with van der Waals surface area (Å²) in [4.78, 5) is 13.9. The number of ether oxygens (including phenoxy) is 3. The Bertz CT molecular complexity index is 575. The van der Waals surface area contributed by atoms with Crippen LogP contribution in [-0.2, 0) is 4.79 Å². The molecule has 0 radical (unpaired) electrons. The number of amides is 1. The number of hydrogen-bond acceptors (Lipinski definition) is 5. The van der Waals surface area contributed by atoms with Crippen molar-refractivity contribution in [2.75, 3.05) is 46.4 Å². The summed E-state index contributed by atoms with van der Waals surface area (Å²) >= 11 is 1.55. The van der Waals surface area contributed by atoms with Crippen molar-refractivity contribution < 1.29 is 19.0 Å². The standard InChI is InChI=1S/C17H23NO4S/c1-20-13-9-14(21-2)17(15(10-13)22-3)12-5-7-18(8-6-12)16(19)11-23-4/h5,9-10H,6-8,11H2,1-4H3. The van der Waals surface area contributed by atoms with Crippen molar-refractivity contribution in [3.63, 3.8) is 0 Å². The van der Waals surface area contributed by atoms with Crippen LogP contribution in [0.2, 0.25) is 0 Å². The highest BCUT2D eigenvalue weighted by molar-refractivity contribution is 7.99. The highest BCUT2D eigenvalue weighted by Crippen LogP contribution is 2.40. The van der Waals surface area contributed by atoms with Crippen molar-refractivity contribution in [1.82, 2.24) is 4.90 Å². The van der Waals surface area contributed by atoms with E-state index in [0.717, 1.165) is 29.1 Å². The molecule has 0 N–H and O–H groups in total. The summed E-state index contributed by atoms with van der Waals surface area (Å²) in [5.41, 5.74) is 2.07. The summed E-state index contributed by atoms with van der Waals surface area (Å²) in [5, 5.41) is 0. The second kappa shape index (κ2) is 8.15. The largest absolute Gasteiger partial charge is 0.496 e. The van der Waals surface area contributed by atoms with Gasteiger partial charge >= 0.3 is 0 Å². The SMILES string of the molecule is COc1cc(OC)c(C2=CCN(C(=O)CSC)CC2)c(OC)c1. The van der Waals surface area contributed by atoms with E-state index in [1.165, 1.54) is 0 Å². The number of carbonyl (C=O) groups is 1. The Morgan fingerprint density at radius 2 is 1.83 bits per heavy atom. The van der Waals surface area contributed by atoms with Crippen molar-refractivity contribution in [3.05, 3.63) is 23.8 Å². The van der Waals surface area contributed by atoms with Crippen molar-refractivity contribution in [1.29, 1.82) is 0 Å². The molecule has 0 atom stereocenters. The fourth-order valence-corrected chi connectivity index (χ4v) is 3.09. The summed E-state index contributed by atoms with van der Waals surface area (Å²) in [6.45, 7) is 1.33. The maximum absolute atomic E-state index is 12.0. The minimum Gasteiger partial charge on any atom is -0.496 e. The zero-order valence-electron chi connectivity index (χ0n) is 14.0. The van der Waals surface area contributed by atoms with E-state index >= 15 is 0 Å². The van der Waals surface area contributed by atoms with Crippen LogP contribution in [0.1, 0.15) is 12.0 Å². The Morgan fingerprint density at radius 3 is 2.26 bits per heavy atom. The van der Waals surface area contributed by atoms with Gasteiger partial charge in [0.1, 0.15) is 17.2 Å². The number of hydrogen-bond donors (Lipinski definition) is 0. The minimum atomic E-state index is 0.182. The molecule has 0 aromatic heterocycles. The molecule has 1 heterocycles. The van der Waals surface area contributed by atoms with E-state index in [1.807, 2.05) is 23.3 Å². The van der Waals surface area contributed by atoms with E-state index in [9.17, 15) is 4.79 Å². The quantitative estimate of drug-likeness (QED) is 0.799. The molecule has 1 aliphatic rings. The Morgan fingerprint density at radius 1 is 1.17 bits per heavy atom. The third kappa shape index (κ3) is 3.93. The fraction of sp³-hybridized carbons (Fsp3) is 0.471. The van der Waals surface area contributed by atoms with Gasteiger partial charge in [0.15, 0.2) is 0 Å². The van der Waals surface area contributed by atoms with Gasteiger partial charge in [-0.05, 0) is 18.2 Å². The van der Waals surface area contributed by atoms with Crippen molar-refractivity contribution in [3.8, 4) is 17.2 Å². The van der Waals surface area contributed by atoms with Crippen LogP contribution in [0.3, 0.4) is 0 Å². The van der Waals surface area contributed by atoms with Gasteiger partial charge in [-0.2, -0.15) is 11.8 Å². The summed E-state index contributed by atoms with van der Waals surface area (Å²) in [6, 6.07) is 3.70. The summed E-state index contributed by atoms with van der Waals surface area (Å²) in [6.07, 6.45) is 4.80. The summed E-state index contributed by atoms with van der Waals surface area (Å²) < 4.78 is 16.3. The summed E-state index contributed by atoms with van der Waals surface area (Å²) in [5.74, 6) is 2.84. The highest BCUT2D eigenvalue weighted by atomic mass is 32.2. The van der Waals surface area contributed by atoms with Crippen LogP contribution in [0, 0.1) is 0 Å². The first-order valence-electron chi connectivity index (χ1n) is 7.40. The first kappa shape index (κ1) is 17.5. The molecular weight excluding hydrogens is 314 g/mol. The van der Waals surface area contributed by atoms with Crippen LogP contribution in [0.15, 0.2) is 18.2 Å². The normalized spacial score (nSPS) is 14.3. The Balaban J connectivity index is 2.30. The molecule has 6 heteroatoms. The van der Waals surface area contributed by atoms with Crippen LogP contribution in [-0.4, -0.2) is 57.2 Å². The molecule has 1 amide bonds. The Kier molecular flexibility index (Phi) is 6.21. The molecule has 0 fully saturated rings. The predicted octanol–water partition coefficient (Wildman–Crippen LogP) is 2.69. The van der Waals surface area contributed by atoms with E-state index in [0.29, 0.717) is 24.6 Å². The highest BCUT2D eigenvalue weighted by Gasteiger charge is 2.22. The van der Waals surface area contributed by atoms with Crippen LogP contribution in [0.25, 0.3) is 5.57 Å². The van der Waals surface area contributed by atoms with Crippen molar-refractivity contribution >= 4 is 23.2 Å². The Hall–Kier alpha value is -1.82. The molecule has 2 rings (SSSR count). The lowest BCUT2D eigenvalue weighted by atomic mass is 9.97. The van der Waals surface area contributed by atoms with E-state index in [4.69, 9.17) is 14.2 Å². The molecule has 1 aliphatic heterocycles. The fourth-order valence-electron chi connectivity index (χ4n) is 2.66. The zero-order valence-corrected chi connectivity index (χ0v) is 14.9. The lowest BCUT2D eigenvalue weighted by Gasteiger charge is -2.27. The summed E-state index contributed by atoms with van der Waals surface area (Å²) in [7, 11) is 4.88. The molecule has 5 nitrogen and oxygen atoms in total. The topological polar surface area (TPSA) is 48.0 Å². The van der Waals surface area contributed by atoms with Crippen LogP contribution < -0.4 is 14.2 Å². The van der Waals surface area contributed by atoms with Gasteiger partial charge in [0.05, 0.1) is 32.6 Å². The van der Waals surface area contributed by atoms with E-state index in [2.05, 4.69) is 6.08 Å². The smallest absolute Gasteiger partial charge is 0.232 e. The third-order valence-electron chi connectivity index (χ3n) is 3.87. The molecule has 0 spiro atoms. The number of thioether (sulfide) groups is 1. The van der Waals surface area contributed by atoms with Gasteiger partial charge < -0.3 is 19.1 Å². The average Bonchev–Trinajstić information content (AvgIpc) is 2.60. The lowest BCUT2D eigenvalue weighted by Crippen LogP contribution is -2.35. The van der Waals surface area contributed by atoms with E-state index in [1.54, 1.807) is 33.1 Å². The molecule has 0 saturated heterocycles. The maximum Gasteiger partial charge on any atom is 0.232 e. The van der Waals surface area contributed by atoms with Gasteiger partial charge in [-0.1, -0.05) is 6.08 Å². The molecule has 0 bridgehead atoms. The molecule has 23 heavy (non-hydrogen) atoms. The monoisotopic (exact) mass is 337 g/mol. The zero-order chi connectivity index (χ0) is 16.8. The second-order valence-electron chi connectivity index (χ2n) is 5.16. The van der Waals surface area contributed by atoms with Gasteiger partial charge in [0.2, 0.25) is 5.91 Å². The minimum absolute atomic E-state index is 0.182. The van der Waals surface area contributed by atoms with E-state index < -0.39 is 0 Å². The molecule has 1 aromatic carbocycles. The van der Waals surface area contributed by atoms with Gasteiger partial charge in [0.25, 0.3) is 0 Å². The number of benzene rings is 1. The molecule has 126 valence electrons. The maximum atomic E-state index is 12.0. The van der Waals surface area contributed by atoms with E-state index in [-0.39, 0.29) is 5.91 Å². The van der Waals surface area contributed by atoms with Gasteiger partial charge in [-0.3, -0.25) is 4.79 Å². The molecule has 1 aromatic rings. The van der Waals surface area contributed by atoms with Crippen LogP contribution in [0.5, 0.6) is 17.2 Å². The molecule has 0 aliphatic carbocycles. The Labute approximate surface area is 141 Å². The van der Waals surface area contributed by atoms with Gasteiger partial charge in [-0.25, -0.2) is 0 Å². The second-order valence-corrected chi connectivity index (χ2v) is 6.03. The van der Waals surface area contributed by atoms with Crippen molar-refractivity contribution in [2.45, 2.75) is 6.42 Å².